The third-order valence-electron chi connectivity index (χ3n) is 3.61. The van der Waals surface area contributed by atoms with Crippen molar-refractivity contribution in [1.29, 1.82) is 0 Å². The van der Waals surface area contributed by atoms with Crippen LogP contribution in [0.3, 0.4) is 0 Å². The second kappa shape index (κ2) is 7.44. The van der Waals surface area contributed by atoms with Crippen LogP contribution in [0.25, 0.3) is 0 Å². The fraction of sp³-hybridized carbons (Fsp3) is 0.375. The molecule has 24 heavy (non-hydrogen) atoms. The molecule has 1 aromatic rings. The SMILES string of the molecule is CCCN1C(=O)C(=O)N(CC(=O)N(C)Cc2cccc(Cl)c2)C1=O. The molecule has 1 heterocycles. The average Bonchev–Trinajstić information content (AvgIpc) is 2.73. The molecule has 8 heteroatoms. The molecule has 1 fully saturated rings. The summed E-state index contributed by atoms with van der Waals surface area (Å²) in [5.74, 6) is -2.28. The van der Waals surface area contributed by atoms with E-state index in [0.717, 1.165) is 10.5 Å². The van der Waals surface area contributed by atoms with Crippen molar-refractivity contribution in [2.24, 2.45) is 0 Å². The van der Waals surface area contributed by atoms with Crippen LogP contribution in [-0.2, 0) is 20.9 Å². The molecule has 0 radical (unpaired) electrons. The standard InChI is InChI=1S/C16H18ClN3O4/c1-3-7-19-14(22)15(23)20(16(19)24)10-13(21)18(2)9-11-5-4-6-12(17)8-11/h4-6,8H,3,7,9-10H2,1-2H3. The van der Waals surface area contributed by atoms with Crippen molar-refractivity contribution in [2.45, 2.75) is 19.9 Å². The summed E-state index contributed by atoms with van der Waals surface area (Å²) in [5, 5.41) is 0.555. The minimum absolute atomic E-state index is 0.159. The van der Waals surface area contributed by atoms with Crippen LogP contribution in [0, 0.1) is 0 Å². The van der Waals surface area contributed by atoms with Gasteiger partial charge in [-0.15, -0.1) is 0 Å². The summed E-state index contributed by atoms with van der Waals surface area (Å²) in [5.41, 5.74) is 0.820. The van der Waals surface area contributed by atoms with E-state index in [9.17, 15) is 19.2 Å². The molecular weight excluding hydrogens is 334 g/mol. The Morgan fingerprint density at radius 1 is 1.17 bits per heavy atom. The van der Waals surface area contributed by atoms with Crippen LogP contribution >= 0.6 is 11.6 Å². The van der Waals surface area contributed by atoms with E-state index in [1.165, 1.54) is 4.90 Å². The first-order valence-corrected chi connectivity index (χ1v) is 7.88. The number of urea groups is 1. The zero-order chi connectivity index (χ0) is 17.9. The molecule has 1 aromatic carbocycles. The van der Waals surface area contributed by atoms with Gasteiger partial charge in [-0.2, -0.15) is 0 Å². The number of carbonyl (C=O) groups excluding carboxylic acids is 4. The smallest absolute Gasteiger partial charge is 0.334 e. The molecule has 0 aromatic heterocycles. The fourth-order valence-electron chi connectivity index (χ4n) is 2.36. The lowest BCUT2D eigenvalue weighted by atomic mass is 10.2. The maximum Gasteiger partial charge on any atom is 0.334 e. The van der Waals surface area contributed by atoms with Crippen molar-refractivity contribution in [1.82, 2.24) is 14.7 Å². The van der Waals surface area contributed by atoms with Gasteiger partial charge in [-0.05, 0) is 24.1 Å². The summed E-state index contributed by atoms with van der Waals surface area (Å²) in [6.45, 7) is 1.77. The number of likely N-dealkylation sites (N-methyl/N-ethyl adjacent to an activating group) is 1. The van der Waals surface area contributed by atoms with Crippen LogP contribution in [-0.4, -0.2) is 58.6 Å². The molecule has 0 atom stereocenters. The van der Waals surface area contributed by atoms with Crippen LogP contribution in [0.4, 0.5) is 4.79 Å². The second-order valence-electron chi connectivity index (χ2n) is 5.51. The Hall–Kier alpha value is -2.41. The lowest BCUT2D eigenvalue weighted by Crippen LogP contribution is -2.42. The molecule has 0 bridgehead atoms. The Balaban J connectivity index is 2.02. The first kappa shape index (κ1) is 17.9. The van der Waals surface area contributed by atoms with Crippen molar-refractivity contribution in [3.8, 4) is 0 Å². The van der Waals surface area contributed by atoms with E-state index in [-0.39, 0.29) is 13.1 Å². The van der Waals surface area contributed by atoms with Crippen molar-refractivity contribution in [3.63, 3.8) is 0 Å². The number of nitrogens with zero attached hydrogens (tertiary/aromatic N) is 3. The second-order valence-corrected chi connectivity index (χ2v) is 5.95. The molecular formula is C16H18ClN3O4. The number of halogens is 1. The highest BCUT2D eigenvalue weighted by atomic mass is 35.5. The molecule has 0 N–H and O–H groups in total. The number of imide groups is 2. The van der Waals surface area contributed by atoms with E-state index in [0.29, 0.717) is 16.3 Å². The minimum Gasteiger partial charge on any atom is -0.340 e. The van der Waals surface area contributed by atoms with Gasteiger partial charge in [-0.25, -0.2) is 9.69 Å². The third-order valence-corrected chi connectivity index (χ3v) is 3.85. The number of carbonyl (C=O) groups is 4. The predicted octanol–water partition coefficient (Wildman–Crippen LogP) is 1.50. The monoisotopic (exact) mass is 351 g/mol. The summed E-state index contributed by atoms with van der Waals surface area (Å²) in [4.78, 5) is 51.0. The number of rotatable bonds is 6. The maximum absolute atomic E-state index is 12.3. The molecule has 2 rings (SSSR count). The highest BCUT2D eigenvalue weighted by Crippen LogP contribution is 2.15. The maximum atomic E-state index is 12.3. The highest BCUT2D eigenvalue weighted by molar-refractivity contribution is 6.45. The van der Waals surface area contributed by atoms with Gasteiger partial charge >= 0.3 is 17.8 Å². The van der Waals surface area contributed by atoms with E-state index in [1.807, 2.05) is 6.07 Å². The summed E-state index contributed by atoms with van der Waals surface area (Å²) >= 11 is 5.90. The summed E-state index contributed by atoms with van der Waals surface area (Å²) < 4.78 is 0. The van der Waals surface area contributed by atoms with Gasteiger partial charge < -0.3 is 4.90 Å². The van der Waals surface area contributed by atoms with Crippen LogP contribution in [0.1, 0.15) is 18.9 Å². The Labute approximate surface area is 144 Å². The van der Waals surface area contributed by atoms with Crippen LogP contribution < -0.4 is 0 Å². The van der Waals surface area contributed by atoms with E-state index in [4.69, 9.17) is 11.6 Å². The normalized spacial score (nSPS) is 14.5. The Morgan fingerprint density at radius 2 is 1.83 bits per heavy atom. The molecule has 5 amide bonds. The van der Waals surface area contributed by atoms with E-state index in [2.05, 4.69) is 0 Å². The number of hydrogen-bond donors (Lipinski definition) is 0. The molecule has 1 saturated heterocycles. The summed E-state index contributed by atoms with van der Waals surface area (Å²) in [6.07, 6.45) is 0.543. The van der Waals surface area contributed by atoms with Crippen molar-refractivity contribution in [2.75, 3.05) is 20.1 Å². The van der Waals surface area contributed by atoms with Gasteiger partial charge in [0.05, 0.1) is 0 Å². The van der Waals surface area contributed by atoms with Crippen molar-refractivity contribution >= 4 is 35.4 Å². The van der Waals surface area contributed by atoms with E-state index >= 15 is 0 Å². The van der Waals surface area contributed by atoms with Gasteiger partial charge in [0, 0.05) is 25.2 Å². The quantitative estimate of drug-likeness (QED) is 0.574. The number of amides is 5. The van der Waals surface area contributed by atoms with Gasteiger partial charge in [0.2, 0.25) is 5.91 Å². The molecule has 1 aliphatic heterocycles. The molecule has 128 valence electrons. The molecule has 0 unspecified atom stereocenters. The molecule has 0 saturated carbocycles. The zero-order valence-corrected chi connectivity index (χ0v) is 14.2. The molecule has 0 aliphatic carbocycles. The van der Waals surface area contributed by atoms with Crippen molar-refractivity contribution < 1.29 is 19.2 Å². The van der Waals surface area contributed by atoms with Gasteiger partial charge in [0.25, 0.3) is 0 Å². The van der Waals surface area contributed by atoms with Crippen LogP contribution in [0.15, 0.2) is 24.3 Å². The van der Waals surface area contributed by atoms with E-state index < -0.39 is 30.3 Å². The predicted molar refractivity (Wildman–Crippen MR) is 87.0 cm³/mol. The molecule has 0 spiro atoms. The Morgan fingerprint density at radius 3 is 2.46 bits per heavy atom. The van der Waals surface area contributed by atoms with Gasteiger partial charge in [0.15, 0.2) is 0 Å². The number of hydrogen-bond acceptors (Lipinski definition) is 4. The van der Waals surface area contributed by atoms with Crippen molar-refractivity contribution in [3.05, 3.63) is 34.9 Å². The Kier molecular flexibility index (Phi) is 5.56. The lowest BCUT2D eigenvalue weighted by Gasteiger charge is -2.20. The lowest BCUT2D eigenvalue weighted by molar-refractivity contribution is -0.144. The average molecular weight is 352 g/mol. The van der Waals surface area contributed by atoms with Gasteiger partial charge in [-0.3, -0.25) is 19.3 Å². The van der Waals surface area contributed by atoms with Crippen LogP contribution in [0.5, 0.6) is 0 Å². The molecule has 7 nitrogen and oxygen atoms in total. The van der Waals surface area contributed by atoms with Gasteiger partial charge in [-0.1, -0.05) is 30.7 Å². The van der Waals surface area contributed by atoms with Crippen LogP contribution in [0.2, 0.25) is 5.02 Å². The number of benzene rings is 1. The minimum atomic E-state index is -0.960. The summed E-state index contributed by atoms with van der Waals surface area (Å²) in [7, 11) is 1.56. The largest absolute Gasteiger partial charge is 0.340 e. The topological polar surface area (TPSA) is 78.0 Å². The third kappa shape index (κ3) is 3.73. The summed E-state index contributed by atoms with van der Waals surface area (Å²) in [6, 6.07) is 6.29. The van der Waals surface area contributed by atoms with E-state index in [1.54, 1.807) is 32.2 Å². The zero-order valence-electron chi connectivity index (χ0n) is 13.5. The highest BCUT2D eigenvalue weighted by Gasteiger charge is 2.44. The Bertz CT molecular complexity index is 692. The first-order valence-electron chi connectivity index (χ1n) is 7.50. The molecule has 1 aliphatic rings. The first-order chi connectivity index (χ1) is 11.3. The van der Waals surface area contributed by atoms with Gasteiger partial charge in [0.1, 0.15) is 6.54 Å². The fourth-order valence-corrected chi connectivity index (χ4v) is 2.58.